The van der Waals surface area contributed by atoms with Crippen molar-refractivity contribution in [2.75, 3.05) is 0 Å². The molecule has 0 aromatic rings. The molecule has 0 rings (SSSR count). The van der Waals surface area contributed by atoms with E-state index in [1.807, 2.05) is 6.92 Å². The van der Waals surface area contributed by atoms with Gasteiger partial charge in [-0.15, -0.1) is 6.58 Å². The van der Waals surface area contributed by atoms with Crippen LogP contribution in [0.2, 0.25) is 25.7 Å². The van der Waals surface area contributed by atoms with Gasteiger partial charge in [0.1, 0.15) is 5.78 Å². The molecule has 0 atom stereocenters. The second-order valence-electron chi connectivity index (χ2n) is 4.88. The number of hydrogen-bond donors (Lipinski definition) is 0. The molecule has 0 heterocycles. The molecule has 0 aliphatic heterocycles. The van der Waals surface area contributed by atoms with Crippen LogP contribution in [-0.4, -0.2) is 13.9 Å². The van der Waals surface area contributed by atoms with E-state index in [9.17, 15) is 4.79 Å². The highest BCUT2D eigenvalue weighted by Crippen LogP contribution is 2.18. The van der Waals surface area contributed by atoms with Gasteiger partial charge >= 0.3 is 0 Å². The van der Waals surface area contributed by atoms with Crippen molar-refractivity contribution in [3.05, 3.63) is 12.2 Å². The maximum atomic E-state index is 11.1. The zero-order chi connectivity index (χ0) is 10.5. The Balaban J connectivity index is 3.71. The highest BCUT2D eigenvalue weighted by Gasteiger charge is 2.14. The monoisotopic (exact) mass is 198 g/mol. The fourth-order valence-electron chi connectivity index (χ4n) is 1.33. The van der Waals surface area contributed by atoms with Crippen LogP contribution in [0.3, 0.4) is 0 Å². The summed E-state index contributed by atoms with van der Waals surface area (Å²) in [4.78, 5) is 11.1. The number of Topliss-reactive ketones (excluding diaryl/α,β-unsaturated/α-hetero) is 1. The van der Waals surface area contributed by atoms with Gasteiger partial charge in [-0.1, -0.05) is 32.1 Å². The molecular weight excluding hydrogens is 176 g/mol. The topological polar surface area (TPSA) is 17.1 Å². The van der Waals surface area contributed by atoms with E-state index in [2.05, 4.69) is 26.2 Å². The standard InChI is InChI=1S/C11H22OSi/c1-6-11(12)8-7-10(2)9-13(3,4)5/h2,6-9H2,1,3-5H3. The number of carbonyl (C=O) groups excluding carboxylic acids is 1. The molecular formula is C11H22OSi. The number of carbonyl (C=O) groups is 1. The van der Waals surface area contributed by atoms with Gasteiger partial charge < -0.3 is 0 Å². The molecule has 13 heavy (non-hydrogen) atoms. The summed E-state index contributed by atoms with van der Waals surface area (Å²) in [5, 5.41) is 0. The first-order valence-electron chi connectivity index (χ1n) is 5.03. The first-order chi connectivity index (χ1) is 5.85. The third kappa shape index (κ3) is 7.97. The van der Waals surface area contributed by atoms with Crippen molar-refractivity contribution in [2.45, 2.75) is 51.9 Å². The maximum absolute atomic E-state index is 11.1. The summed E-state index contributed by atoms with van der Waals surface area (Å²) < 4.78 is 0. The van der Waals surface area contributed by atoms with Crippen molar-refractivity contribution in [1.29, 1.82) is 0 Å². The molecule has 0 bridgehead atoms. The fourth-order valence-corrected chi connectivity index (χ4v) is 3.01. The van der Waals surface area contributed by atoms with Crippen LogP contribution in [0.15, 0.2) is 12.2 Å². The summed E-state index contributed by atoms with van der Waals surface area (Å²) in [5.74, 6) is 0.358. The Labute approximate surface area is 83.2 Å². The third-order valence-electron chi connectivity index (χ3n) is 1.93. The van der Waals surface area contributed by atoms with Crippen LogP contribution >= 0.6 is 0 Å². The van der Waals surface area contributed by atoms with Crippen molar-refractivity contribution in [2.24, 2.45) is 0 Å². The Kier molecular flexibility index (Phi) is 5.22. The minimum absolute atomic E-state index is 0.358. The number of ketones is 1. The van der Waals surface area contributed by atoms with Gasteiger partial charge in [-0.2, -0.15) is 0 Å². The van der Waals surface area contributed by atoms with Gasteiger partial charge in [-0.3, -0.25) is 4.79 Å². The van der Waals surface area contributed by atoms with Crippen molar-refractivity contribution < 1.29 is 4.79 Å². The minimum atomic E-state index is -1.01. The second-order valence-corrected chi connectivity index (χ2v) is 10.4. The fraction of sp³-hybridized carbons (Fsp3) is 0.727. The van der Waals surface area contributed by atoms with E-state index in [1.54, 1.807) is 0 Å². The molecule has 0 aromatic heterocycles. The van der Waals surface area contributed by atoms with E-state index < -0.39 is 8.07 Å². The summed E-state index contributed by atoms with van der Waals surface area (Å²) in [5.41, 5.74) is 1.26. The van der Waals surface area contributed by atoms with Crippen LogP contribution in [0, 0.1) is 0 Å². The van der Waals surface area contributed by atoms with E-state index in [4.69, 9.17) is 0 Å². The van der Waals surface area contributed by atoms with Crippen LogP contribution in [0.4, 0.5) is 0 Å². The van der Waals surface area contributed by atoms with Gasteiger partial charge in [0, 0.05) is 20.9 Å². The zero-order valence-electron chi connectivity index (χ0n) is 9.44. The van der Waals surface area contributed by atoms with Crippen LogP contribution < -0.4 is 0 Å². The summed E-state index contributed by atoms with van der Waals surface area (Å²) in [6.07, 6.45) is 2.26. The van der Waals surface area contributed by atoms with Crippen molar-refractivity contribution in [3.63, 3.8) is 0 Å². The summed E-state index contributed by atoms with van der Waals surface area (Å²) >= 11 is 0. The molecule has 2 heteroatoms. The molecule has 0 N–H and O–H groups in total. The lowest BCUT2D eigenvalue weighted by Crippen LogP contribution is -2.19. The average Bonchev–Trinajstić information content (AvgIpc) is 1.97. The smallest absolute Gasteiger partial charge is 0.132 e. The largest absolute Gasteiger partial charge is 0.300 e. The molecule has 1 nitrogen and oxygen atoms in total. The highest BCUT2D eigenvalue weighted by molar-refractivity contribution is 6.76. The Morgan fingerprint density at radius 1 is 1.23 bits per heavy atom. The Hall–Kier alpha value is -0.373. The second kappa shape index (κ2) is 5.38. The van der Waals surface area contributed by atoms with Gasteiger partial charge in [0.15, 0.2) is 0 Å². The van der Waals surface area contributed by atoms with Crippen LogP contribution in [0.25, 0.3) is 0 Å². The molecule has 0 amide bonds. The van der Waals surface area contributed by atoms with E-state index in [0.29, 0.717) is 18.6 Å². The third-order valence-corrected chi connectivity index (χ3v) is 3.49. The number of hydrogen-bond acceptors (Lipinski definition) is 1. The SMILES string of the molecule is C=C(CCC(=O)CC)C[Si](C)(C)C. The van der Waals surface area contributed by atoms with Crippen molar-refractivity contribution in [3.8, 4) is 0 Å². The van der Waals surface area contributed by atoms with E-state index >= 15 is 0 Å². The molecule has 0 aromatic carbocycles. The predicted molar refractivity (Wildman–Crippen MR) is 61.8 cm³/mol. The van der Waals surface area contributed by atoms with Gasteiger partial charge in [-0.25, -0.2) is 0 Å². The number of rotatable bonds is 6. The van der Waals surface area contributed by atoms with Crippen LogP contribution in [-0.2, 0) is 4.79 Å². The molecule has 0 aliphatic carbocycles. The first-order valence-corrected chi connectivity index (χ1v) is 8.74. The molecule has 0 fully saturated rings. The molecule has 0 saturated carbocycles. The zero-order valence-corrected chi connectivity index (χ0v) is 10.4. The predicted octanol–water partition coefficient (Wildman–Crippen LogP) is 3.64. The lowest BCUT2D eigenvalue weighted by Gasteiger charge is -2.17. The van der Waals surface area contributed by atoms with Gasteiger partial charge in [0.2, 0.25) is 0 Å². The minimum Gasteiger partial charge on any atom is -0.300 e. The van der Waals surface area contributed by atoms with Gasteiger partial charge in [-0.05, 0) is 12.5 Å². The lowest BCUT2D eigenvalue weighted by molar-refractivity contribution is -0.118. The highest BCUT2D eigenvalue weighted by atomic mass is 28.3. The molecule has 0 unspecified atom stereocenters. The Morgan fingerprint density at radius 2 is 1.77 bits per heavy atom. The summed E-state index contributed by atoms with van der Waals surface area (Å²) in [6.45, 7) is 12.9. The normalized spacial score (nSPS) is 11.4. The molecule has 0 spiro atoms. The lowest BCUT2D eigenvalue weighted by atomic mass is 10.1. The summed E-state index contributed by atoms with van der Waals surface area (Å²) in [7, 11) is -1.01. The van der Waals surface area contributed by atoms with Gasteiger partial charge in [0.25, 0.3) is 0 Å². The van der Waals surface area contributed by atoms with Crippen molar-refractivity contribution >= 4 is 13.9 Å². The van der Waals surface area contributed by atoms with Crippen LogP contribution in [0.5, 0.6) is 0 Å². The van der Waals surface area contributed by atoms with Crippen LogP contribution in [0.1, 0.15) is 26.2 Å². The summed E-state index contributed by atoms with van der Waals surface area (Å²) in [6, 6.07) is 1.16. The molecule has 0 radical (unpaired) electrons. The molecule has 0 aliphatic rings. The quantitative estimate of drug-likeness (QED) is 0.470. The number of allylic oxidation sites excluding steroid dienone is 1. The van der Waals surface area contributed by atoms with Gasteiger partial charge in [0.05, 0.1) is 0 Å². The first kappa shape index (κ1) is 12.6. The van der Waals surface area contributed by atoms with E-state index in [-0.39, 0.29) is 0 Å². The Morgan fingerprint density at radius 3 is 2.15 bits per heavy atom. The van der Waals surface area contributed by atoms with E-state index in [1.165, 1.54) is 5.57 Å². The average molecular weight is 198 g/mol. The molecule has 76 valence electrons. The molecule has 0 saturated heterocycles. The Bertz CT molecular complexity index is 189. The van der Waals surface area contributed by atoms with E-state index in [0.717, 1.165) is 12.5 Å². The van der Waals surface area contributed by atoms with Crippen molar-refractivity contribution in [1.82, 2.24) is 0 Å². The maximum Gasteiger partial charge on any atom is 0.132 e.